The molecule has 1 N–H and O–H groups in total. The second-order valence-electron chi connectivity index (χ2n) is 4.12. The highest BCUT2D eigenvalue weighted by Crippen LogP contribution is 2.22. The molecule has 0 atom stereocenters. The highest BCUT2D eigenvalue weighted by molar-refractivity contribution is 5.94. The zero-order valence-corrected chi connectivity index (χ0v) is 12.3. The van der Waals surface area contributed by atoms with Gasteiger partial charge in [0.2, 0.25) is 0 Å². The number of ether oxygens (including phenoxy) is 3. The number of aromatic amines is 1. The summed E-state index contributed by atoms with van der Waals surface area (Å²) in [7, 11) is 3.75. The molecule has 0 amide bonds. The van der Waals surface area contributed by atoms with E-state index in [4.69, 9.17) is 0 Å². The van der Waals surface area contributed by atoms with Crippen molar-refractivity contribution >= 4 is 24.0 Å². The van der Waals surface area contributed by atoms with E-state index in [1.54, 1.807) is 6.92 Å². The molecule has 0 aliphatic carbocycles. The van der Waals surface area contributed by atoms with Gasteiger partial charge in [-0.25, -0.2) is 9.59 Å². The lowest BCUT2D eigenvalue weighted by Crippen LogP contribution is -2.11. The quantitative estimate of drug-likeness (QED) is 0.495. The standard InChI is InChI=1S/C14H17NO6/c1-8-9(5-6-11(16)19-2)10(7-12(17)20-3)13(15-8)14(18)21-4/h5-6,15H,7H2,1-4H3/b6-5-. The van der Waals surface area contributed by atoms with Gasteiger partial charge in [-0.15, -0.1) is 0 Å². The van der Waals surface area contributed by atoms with E-state index in [2.05, 4.69) is 19.2 Å². The van der Waals surface area contributed by atoms with Crippen LogP contribution in [0.5, 0.6) is 0 Å². The van der Waals surface area contributed by atoms with Crippen molar-refractivity contribution in [1.82, 2.24) is 4.98 Å². The SMILES string of the molecule is COC(=O)/C=C\c1c(C)[nH]c(C(=O)OC)c1CC(=O)OC. The predicted octanol–water partition coefficient (Wildman–Crippen LogP) is 1.01. The predicted molar refractivity (Wildman–Crippen MR) is 73.6 cm³/mol. The van der Waals surface area contributed by atoms with Gasteiger partial charge < -0.3 is 19.2 Å². The van der Waals surface area contributed by atoms with Crippen molar-refractivity contribution < 1.29 is 28.6 Å². The number of aryl methyl sites for hydroxylation is 1. The molecule has 1 aromatic heterocycles. The van der Waals surface area contributed by atoms with Crippen molar-refractivity contribution in [2.24, 2.45) is 0 Å². The van der Waals surface area contributed by atoms with Crippen molar-refractivity contribution in [3.05, 3.63) is 28.6 Å². The molecule has 1 aromatic rings. The van der Waals surface area contributed by atoms with Crippen LogP contribution in [-0.4, -0.2) is 44.2 Å². The Labute approximate surface area is 121 Å². The third kappa shape index (κ3) is 3.95. The molecule has 0 saturated heterocycles. The Bertz CT molecular complexity index is 585. The largest absolute Gasteiger partial charge is 0.469 e. The van der Waals surface area contributed by atoms with E-state index in [1.165, 1.54) is 33.5 Å². The number of nitrogens with one attached hydrogen (secondary N) is 1. The minimum atomic E-state index is -0.602. The molecular formula is C14H17NO6. The van der Waals surface area contributed by atoms with E-state index in [0.29, 0.717) is 16.8 Å². The Balaban J connectivity index is 3.30. The zero-order chi connectivity index (χ0) is 16.0. The maximum atomic E-state index is 11.7. The summed E-state index contributed by atoms with van der Waals surface area (Å²) in [5.74, 6) is -1.65. The van der Waals surface area contributed by atoms with Crippen LogP contribution in [0.15, 0.2) is 6.08 Å². The molecule has 0 radical (unpaired) electrons. The number of esters is 3. The third-order valence-electron chi connectivity index (χ3n) is 2.87. The monoisotopic (exact) mass is 295 g/mol. The highest BCUT2D eigenvalue weighted by atomic mass is 16.5. The highest BCUT2D eigenvalue weighted by Gasteiger charge is 2.22. The third-order valence-corrected chi connectivity index (χ3v) is 2.87. The average Bonchev–Trinajstić information content (AvgIpc) is 2.79. The van der Waals surface area contributed by atoms with Gasteiger partial charge in [0.05, 0.1) is 27.8 Å². The molecule has 7 nitrogen and oxygen atoms in total. The summed E-state index contributed by atoms with van der Waals surface area (Å²) in [6.45, 7) is 1.71. The summed E-state index contributed by atoms with van der Waals surface area (Å²) < 4.78 is 13.8. The van der Waals surface area contributed by atoms with Crippen LogP contribution in [0, 0.1) is 6.92 Å². The van der Waals surface area contributed by atoms with Crippen LogP contribution >= 0.6 is 0 Å². The first kappa shape index (κ1) is 16.5. The molecule has 0 fully saturated rings. The molecule has 0 aliphatic rings. The molecule has 1 heterocycles. The number of hydrogen-bond donors (Lipinski definition) is 1. The first-order valence-corrected chi connectivity index (χ1v) is 6.07. The minimum absolute atomic E-state index is 0.119. The van der Waals surface area contributed by atoms with Crippen LogP contribution in [0.2, 0.25) is 0 Å². The fraction of sp³-hybridized carbons (Fsp3) is 0.357. The van der Waals surface area contributed by atoms with Crippen LogP contribution in [0.1, 0.15) is 27.3 Å². The Hall–Kier alpha value is -2.57. The Morgan fingerprint density at radius 2 is 1.76 bits per heavy atom. The second kappa shape index (κ2) is 7.28. The van der Waals surface area contributed by atoms with Gasteiger partial charge in [-0.2, -0.15) is 0 Å². The number of H-pyrrole nitrogens is 1. The number of methoxy groups -OCH3 is 3. The molecule has 0 spiro atoms. The molecule has 7 heteroatoms. The summed E-state index contributed by atoms with van der Waals surface area (Å²) >= 11 is 0. The molecule has 21 heavy (non-hydrogen) atoms. The number of aromatic nitrogens is 1. The first-order chi connectivity index (χ1) is 9.94. The van der Waals surface area contributed by atoms with Gasteiger partial charge in [-0.1, -0.05) is 0 Å². The normalized spacial score (nSPS) is 10.5. The zero-order valence-electron chi connectivity index (χ0n) is 12.3. The summed E-state index contributed by atoms with van der Waals surface area (Å²) in [5, 5.41) is 0. The number of rotatable bonds is 5. The van der Waals surface area contributed by atoms with E-state index in [-0.39, 0.29) is 12.1 Å². The smallest absolute Gasteiger partial charge is 0.354 e. The summed E-state index contributed by atoms with van der Waals surface area (Å²) in [5.41, 5.74) is 1.73. The van der Waals surface area contributed by atoms with Crippen molar-refractivity contribution in [3.8, 4) is 0 Å². The second-order valence-corrected chi connectivity index (χ2v) is 4.12. The van der Waals surface area contributed by atoms with E-state index in [0.717, 1.165) is 0 Å². The lowest BCUT2D eigenvalue weighted by molar-refractivity contribution is -0.139. The molecule has 1 rings (SSSR count). The van der Waals surface area contributed by atoms with Crippen LogP contribution in [0.3, 0.4) is 0 Å². The minimum Gasteiger partial charge on any atom is -0.469 e. The van der Waals surface area contributed by atoms with Gasteiger partial charge in [0.1, 0.15) is 5.69 Å². The maximum Gasteiger partial charge on any atom is 0.354 e. The summed E-state index contributed by atoms with van der Waals surface area (Å²) in [6.07, 6.45) is 2.56. The fourth-order valence-electron chi connectivity index (χ4n) is 1.81. The van der Waals surface area contributed by atoms with E-state index in [1.807, 2.05) is 0 Å². The van der Waals surface area contributed by atoms with E-state index >= 15 is 0 Å². The van der Waals surface area contributed by atoms with Crippen molar-refractivity contribution in [1.29, 1.82) is 0 Å². The Morgan fingerprint density at radius 3 is 2.29 bits per heavy atom. The number of carbonyl (C=O) groups is 3. The van der Waals surface area contributed by atoms with Gasteiger partial charge in [0.25, 0.3) is 0 Å². The fourth-order valence-corrected chi connectivity index (χ4v) is 1.81. The van der Waals surface area contributed by atoms with Crippen LogP contribution in [0.4, 0.5) is 0 Å². The van der Waals surface area contributed by atoms with Gasteiger partial charge in [0, 0.05) is 17.3 Å². The van der Waals surface area contributed by atoms with E-state index < -0.39 is 17.9 Å². The molecular weight excluding hydrogens is 278 g/mol. The van der Waals surface area contributed by atoms with Gasteiger partial charge in [-0.05, 0) is 18.6 Å². The van der Waals surface area contributed by atoms with Crippen LogP contribution in [-0.2, 0) is 30.2 Å². The Kier molecular flexibility index (Phi) is 5.71. The number of carbonyl (C=O) groups excluding carboxylic acids is 3. The topological polar surface area (TPSA) is 94.7 Å². The maximum absolute atomic E-state index is 11.7. The van der Waals surface area contributed by atoms with Crippen LogP contribution in [0.25, 0.3) is 6.08 Å². The molecule has 0 aliphatic heterocycles. The molecule has 0 unspecified atom stereocenters. The van der Waals surface area contributed by atoms with Crippen molar-refractivity contribution in [2.45, 2.75) is 13.3 Å². The van der Waals surface area contributed by atoms with Crippen LogP contribution < -0.4 is 0 Å². The van der Waals surface area contributed by atoms with Crippen molar-refractivity contribution in [2.75, 3.05) is 21.3 Å². The molecule has 0 bridgehead atoms. The summed E-state index contributed by atoms with van der Waals surface area (Å²) in [4.78, 5) is 37.3. The molecule has 114 valence electrons. The lowest BCUT2D eigenvalue weighted by atomic mass is 10.0. The lowest BCUT2D eigenvalue weighted by Gasteiger charge is -2.03. The Morgan fingerprint density at radius 1 is 1.10 bits per heavy atom. The average molecular weight is 295 g/mol. The number of hydrogen-bond acceptors (Lipinski definition) is 6. The summed E-state index contributed by atoms with van der Waals surface area (Å²) in [6, 6.07) is 0. The van der Waals surface area contributed by atoms with Gasteiger partial charge in [0.15, 0.2) is 0 Å². The van der Waals surface area contributed by atoms with Gasteiger partial charge in [-0.3, -0.25) is 4.79 Å². The molecule has 0 aromatic carbocycles. The van der Waals surface area contributed by atoms with E-state index in [9.17, 15) is 14.4 Å². The van der Waals surface area contributed by atoms with Crippen molar-refractivity contribution in [3.63, 3.8) is 0 Å². The van der Waals surface area contributed by atoms with Gasteiger partial charge >= 0.3 is 17.9 Å². The first-order valence-electron chi connectivity index (χ1n) is 6.07. The molecule has 0 saturated carbocycles.